The average Bonchev–Trinajstić information content (AvgIpc) is 3.51. The summed E-state index contributed by atoms with van der Waals surface area (Å²) in [7, 11) is 0. The molecule has 4 rings (SSSR count). The van der Waals surface area contributed by atoms with Crippen LogP contribution in [-0.4, -0.2) is 48.9 Å². The van der Waals surface area contributed by atoms with Crippen molar-refractivity contribution in [2.45, 2.75) is 51.2 Å². The lowest BCUT2D eigenvalue weighted by atomic mass is 9.78. The molecule has 2 atom stereocenters. The van der Waals surface area contributed by atoms with Crippen molar-refractivity contribution in [3.05, 3.63) is 29.3 Å². The Kier molecular flexibility index (Phi) is 6.55. The number of nitriles is 1. The summed E-state index contributed by atoms with van der Waals surface area (Å²) < 4.78 is 40.1. The zero-order valence-electron chi connectivity index (χ0n) is 18.7. The van der Waals surface area contributed by atoms with Gasteiger partial charge in [0.15, 0.2) is 0 Å². The number of anilines is 1. The lowest BCUT2D eigenvalue weighted by Crippen LogP contribution is -2.42. The number of halogens is 3. The van der Waals surface area contributed by atoms with Crippen LogP contribution in [0.1, 0.15) is 50.2 Å². The highest BCUT2D eigenvalue weighted by molar-refractivity contribution is 5.83. The van der Waals surface area contributed by atoms with Crippen molar-refractivity contribution in [3.8, 4) is 6.07 Å². The molecule has 2 amide bonds. The molecule has 1 aromatic rings. The van der Waals surface area contributed by atoms with Gasteiger partial charge < -0.3 is 15.1 Å². The van der Waals surface area contributed by atoms with E-state index in [0.717, 1.165) is 31.7 Å². The van der Waals surface area contributed by atoms with Gasteiger partial charge in [-0.05, 0) is 55.7 Å². The molecule has 6 nitrogen and oxygen atoms in total. The molecular weight excluding hydrogens is 433 g/mol. The molecule has 1 aromatic carbocycles. The van der Waals surface area contributed by atoms with Crippen molar-refractivity contribution < 1.29 is 22.8 Å². The maximum Gasteiger partial charge on any atom is 0.417 e. The summed E-state index contributed by atoms with van der Waals surface area (Å²) in [6.45, 7) is 3.97. The van der Waals surface area contributed by atoms with Crippen LogP contribution in [-0.2, 0) is 15.8 Å². The van der Waals surface area contributed by atoms with E-state index in [2.05, 4.69) is 5.32 Å². The van der Waals surface area contributed by atoms with Crippen molar-refractivity contribution in [1.82, 2.24) is 10.2 Å². The second-order valence-corrected chi connectivity index (χ2v) is 9.37. The molecule has 0 unspecified atom stereocenters. The van der Waals surface area contributed by atoms with Gasteiger partial charge in [-0.3, -0.25) is 9.59 Å². The molecule has 1 saturated carbocycles. The van der Waals surface area contributed by atoms with Crippen LogP contribution in [0.25, 0.3) is 0 Å². The third kappa shape index (κ3) is 5.10. The fourth-order valence-electron chi connectivity index (χ4n) is 5.19. The maximum absolute atomic E-state index is 13.4. The number of amides is 2. The van der Waals surface area contributed by atoms with Gasteiger partial charge in [-0.25, -0.2) is 0 Å². The minimum atomic E-state index is -4.58. The zero-order chi connectivity index (χ0) is 23.8. The number of hydrogen-bond donors (Lipinski definition) is 1. The quantitative estimate of drug-likeness (QED) is 0.726. The SMILES string of the molecule is CCC(=O)N1C[C@@H](C(=O)NC2CC2)[C@H](C2CCN(c3ccc(C#N)c(C(F)(F)F)c3)CC2)C1. The first-order valence-corrected chi connectivity index (χ1v) is 11.7. The first kappa shape index (κ1) is 23.4. The van der Waals surface area contributed by atoms with E-state index in [0.29, 0.717) is 38.3 Å². The van der Waals surface area contributed by atoms with Gasteiger partial charge in [-0.15, -0.1) is 0 Å². The van der Waals surface area contributed by atoms with Gasteiger partial charge in [0.25, 0.3) is 0 Å². The van der Waals surface area contributed by atoms with Crippen LogP contribution in [0.15, 0.2) is 18.2 Å². The summed E-state index contributed by atoms with van der Waals surface area (Å²) in [5, 5.41) is 12.1. The van der Waals surface area contributed by atoms with Crippen LogP contribution in [0.5, 0.6) is 0 Å². The van der Waals surface area contributed by atoms with Gasteiger partial charge in [0, 0.05) is 44.3 Å². The number of hydrogen-bond acceptors (Lipinski definition) is 4. The van der Waals surface area contributed by atoms with Crippen molar-refractivity contribution in [3.63, 3.8) is 0 Å². The van der Waals surface area contributed by atoms with E-state index in [-0.39, 0.29) is 41.2 Å². The van der Waals surface area contributed by atoms with Crippen molar-refractivity contribution in [2.24, 2.45) is 17.8 Å². The third-order valence-electron chi connectivity index (χ3n) is 7.22. The van der Waals surface area contributed by atoms with Crippen LogP contribution in [0, 0.1) is 29.1 Å². The Balaban J connectivity index is 1.45. The Morgan fingerprint density at radius 3 is 2.42 bits per heavy atom. The molecule has 0 spiro atoms. The Morgan fingerprint density at radius 2 is 1.85 bits per heavy atom. The summed E-state index contributed by atoms with van der Waals surface area (Å²) in [4.78, 5) is 28.9. The summed E-state index contributed by atoms with van der Waals surface area (Å²) in [6, 6.07) is 5.73. The fraction of sp³-hybridized carbons (Fsp3) is 0.625. The number of alkyl halides is 3. The molecule has 0 radical (unpaired) electrons. The normalized spacial score (nSPS) is 24.0. The smallest absolute Gasteiger partial charge is 0.372 e. The second-order valence-electron chi connectivity index (χ2n) is 9.37. The third-order valence-corrected chi connectivity index (χ3v) is 7.22. The highest BCUT2D eigenvalue weighted by Gasteiger charge is 2.44. The first-order chi connectivity index (χ1) is 15.7. The highest BCUT2D eigenvalue weighted by Crippen LogP contribution is 2.39. The number of likely N-dealkylation sites (tertiary alicyclic amines) is 1. The first-order valence-electron chi connectivity index (χ1n) is 11.7. The molecule has 1 N–H and O–H groups in total. The van der Waals surface area contributed by atoms with Gasteiger partial charge >= 0.3 is 6.18 Å². The van der Waals surface area contributed by atoms with Crippen LogP contribution in [0.2, 0.25) is 0 Å². The van der Waals surface area contributed by atoms with E-state index in [4.69, 9.17) is 5.26 Å². The molecule has 3 aliphatic rings. The Bertz CT molecular complexity index is 946. The van der Waals surface area contributed by atoms with E-state index in [9.17, 15) is 22.8 Å². The highest BCUT2D eigenvalue weighted by atomic mass is 19.4. The van der Waals surface area contributed by atoms with Crippen molar-refractivity contribution >= 4 is 17.5 Å². The Morgan fingerprint density at radius 1 is 1.15 bits per heavy atom. The zero-order valence-corrected chi connectivity index (χ0v) is 18.7. The number of nitrogens with one attached hydrogen (secondary N) is 1. The van der Waals surface area contributed by atoms with E-state index in [1.165, 1.54) is 6.07 Å². The number of carbonyl (C=O) groups excluding carboxylic acids is 2. The Hall–Kier alpha value is -2.76. The molecule has 178 valence electrons. The van der Waals surface area contributed by atoms with Crippen molar-refractivity contribution in [1.29, 1.82) is 5.26 Å². The molecule has 33 heavy (non-hydrogen) atoms. The number of benzene rings is 1. The molecule has 3 fully saturated rings. The Labute approximate surface area is 191 Å². The van der Waals surface area contributed by atoms with E-state index in [1.807, 2.05) is 11.8 Å². The summed E-state index contributed by atoms with van der Waals surface area (Å²) in [6.07, 6.45) is -0.683. The summed E-state index contributed by atoms with van der Waals surface area (Å²) in [5.41, 5.74) is -0.833. The monoisotopic (exact) mass is 462 g/mol. The van der Waals surface area contributed by atoms with Crippen molar-refractivity contribution in [2.75, 3.05) is 31.1 Å². The maximum atomic E-state index is 13.4. The van der Waals surface area contributed by atoms with Crippen LogP contribution in [0.3, 0.4) is 0 Å². The van der Waals surface area contributed by atoms with E-state index < -0.39 is 11.7 Å². The van der Waals surface area contributed by atoms with Crippen LogP contribution >= 0.6 is 0 Å². The predicted molar refractivity (Wildman–Crippen MR) is 116 cm³/mol. The second kappa shape index (κ2) is 9.24. The van der Waals surface area contributed by atoms with Gasteiger partial charge in [0.1, 0.15) is 0 Å². The van der Waals surface area contributed by atoms with Gasteiger partial charge in [0.05, 0.1) is 23.1 Å². The molecule has 9 heteroatoms. The van der Waals surface area contributed by atoms with E-state index >= 15 is 0 Å². The molecule has 0 aromatic heterocycles. The number of carbonyl (C=O) groups is 2. The van der Waals surface area contributed by atoms with Crippen LogP contribution in [0.4, 0.5) is 18.9 Å². The van der Waals surface area contributed by atoms with Gasteiger partial charge in [-0.2, -0.15) is 18.4 Å². The molecule has 0 bridgehead atoms. The van der Waals surface area contributed by atoms with E-state index in [1.54, 1.807) is 17.0 Å². The number of piperidine rings is 1. The number of rotatable bonds is 5. The largest absolute Gasteiger partial charge is 0.417 e. The number of nitrogens with zero attached hydrogens (tertiary/aromatic N) is 3. The topological polar surface area (TPSA) is 76.4 Å². The molecule has 1 aliphatic carbocycles. The fourth-order valence-corrected chi connectivity index (χ4v) is 5.19. The average molecular weight is 463 g/mol. The minimum Gasteiger partial charge on any atom is -0.372 e. The molecular formula is C24H29F3N4O2. The molecule has 2 aliphatic heterocycles. The molecule has 2 heterocycles. The molecule has 2 saturated heterocycles. The van der Waals surface area contributed by atoms with Gasteiger partial charge in [0.2, 0.25) is 11.8 Å². The minimum absolute atomic E-state index is 0.0262. The predicted octanol–water partition coefficient (Wildman–Crippen LogP) is 3.56. The lowest BCUT2D eigenvalue weighted by molar-refractivity contribution is -0.137. The van der Waals surface area contributed by atoms with Gasteiger partial charge in [-0.1, -0.05) is 6.92 Å². The standard InChI is InChI=1S/C24H29F3N4O2/c1-2-22(32)31-13-19(20(14-31)23(33)29-17-4-5-17)15-7-9-30(10-8-15)18-6-3-16(12-28)21(11-18)24(25,26)27/h3,6,11,15,17,19-20H,2,4-5,7-10,13-14H2,1H3,(H,29,33)/t19-,20+/m0/s1. The summed E-state index contributed by atoms with van der Waals surface area (Å²) >= 11 is 0. The lowest BCUT2D eigenvalue weighted by Gasteiger charge is -2.37. The summed E-state index contributed by atoms with van der Waals surface area (Å²) in [5.74, 6) is 0.137. The van der Waals surface area contributed by atoms with Crippen LogP contribution < -0.4 is 10.2 Å².